The SMILES string of the molecule is CCCC(C)C(CC)NC(C)C1CCOC1. The van der Waals surface area contributed by atoms with Crippen molar-refractivity contribution < 1.29 is 4.74 Å². The molecule has 4 unspecified atom stereocenters. The van der Waals surface area contributed by atoms with Gasteiger partial charge in [0.05, 0.1) is 6.61 Å². The van der Waals surface area contributed by atoms with Crippen LogP contribution in [-0.4, -0.2) is 25.3 Å². The van der Waals surface area contributed by atoms with Gasteiger partial charge in [0.25, 0.3) is 0 Å². The molecule has 0 saturated carbocycles. The van der Waals surface area contributed by atoms with E-state index >= 15 is 0 Å². The molecule has 16 heavy (non-hydrogen) atoms. The lowest BCUT2D eigenvalue weighted by atomic mass is 9.92. The third-order valence-corrected chi connectivity index (χ3v) is 4.02. The number of nitrogens with one attached hydrogen (secondary N) is 1. The Morgan fingerprint density at radius 1 is 1.31 bits per heavy atom. The zero-order valence-electron chi connectivity index (χ0n) is 11.5. The Morgan fingerprint density at radius 3 is 2.56 bits per heavy atom. The van der Waals surface area contributed by atoms with Gasteiger partial charge >= 0.3 is 0 Å². The molecule has 1 rings (SSSR count). The van der Waals surface area contributed by atoms with Gasteiger partial charge in [-0.1, -0.05) is 27.2 Å². The van der Waals surface area contributed by atoms with Crippen molar-refractivity contribution in [3.63, 3.8) is 0 Å². The second-order valence-corrected chi connectivity index (χ2v) is 5.36. The first-order valence-corrected chi connectivity index (χ1v) is 7.02. The molecule has 1 N–H and O–H groups in total. The molecule has 0 aliphatic carbocycles. The molecule has 1 aliphatic rings. The summed E-state index contributed by atoms with van der Waals surface area (Å²) in [5.41, 5.74) is 0. The first-order valence-electron chi connectivity index (χ1n) is 7.02. The topological polar surface area (TPSA) is 21.3 Å². The van der Waals surface area contributed by atoms with E-state index in [-0.39, 0.29) is 0 Å². The van der Waals surface area contributed by atoms with Crippen LogP contribution in [0.4, 0.5) is 0 Å². The van der Waals surface area contributed by atoms with Gasteiger partial charge in [0, 0.05) is 18.7 Å². The van der Waals surface area contributed by atoms with Crippen LogP contribution in [0.3, 0.4) is 0 Å². The molecule has 2 heteroatoms. The minimum absolute atomic E-state index is 0.603. The second-order valence-electron chi connectivity index (χ2n) is 5.36. The standard InChI is InChI=1S/C14H29NO/c1-5-7-11(3)14(6-2)15-12(4)13-8-9-16-10-13/h11-15H,5-10H2,1-4H3. The minimum atomic E-state index is 0.603. The Labute approximate surface area is 101 Å². The quantitative estimate of drug-likeness (QED) is 0.721. The predicted molar refractivity (Wildman–Crippen MR) is 69.7 cm³/mol. The number of rotatable bonds is 7. The Kier molecular flexibility index (Phi) is 6.37. The summed E-state index contributed by atoms with van der Waals surface area (Å²) in [6.45, 7) is 11.2. The Hall–Kier alpha value is -0.0800. The number of ether oxygens (including phenoxy) is 1. The van der Waals surface area contributed by atoms with Gasteiger partial charge in [0.2, 0.25) is 0 Å². The molecule has 0 spiro atoms. The molecule has 1 aliphatic heterocycles. The van der Waals surface area contributed by atoms with E-state index in [9.17, 15) is 0 Å². The molecule has 1 saturated heterocycles. The molecular weight excluding hydrogens is 198 g/mol. The monoisotopic (exact) mass is 227 g/mol. The third kappa shape index (κ3) is 4.06. The van der Waals surface area contributed by atoms with E-state index in [0.717, 1.165) is 25.0 Å². The van der Waals surface area contributed by atoms with Crippen LogP contribution < -0.4 is 5.32 Å². The van der Waals surface area contributed by atoms with Crippen LogP contribution in [-0.2, 0) is 4.74 Å². The fraction of sp³-hybridized carbons (Fsp3) is 1.00. The lowest BCUT2D eigenvalue weighted by molar-refractivity contribution is 0.173. The normalized spacial score (nSPS) is 26.6. The van der Waals surface area contributed by atoms with Gasteiger partial charge in [-0.3, -0.25) is 0 Å². The molecule has 0 aromatic heterocycles. The van der Waals surface area contributed by atoms with Crippen LogP contribution in [0, 0.1) is 11.8 Å². The lowest BCUT2D eigenvalue weighted by Gasteiger charge is -2.30. The van der Waals surface area contributed by atoms with Crippen molar-refractivity contribution in [1.29, 1.82) is 0 Å². The van der Waals surface area contributed by atoms with Crippen molar-refractivity contribution in [2.24, 2.45) is 11.8 Å². The molecule has 96 valence electrons. The highest BCUT2D eigenvalue weighted by molar-refractivity contribution is 4.81. The van der Waals surface area contributed by atoms with Crippen LogP contribution in [0.1, 0.15) is 53.4 Å². The van der Waals surface area contributed by atoms with Gasteiger partial charge in [-0.2, -0.15) is 0 Å². The van der Waals surface area contributed by atoms with Crippen LogP contribution in [0.25, 0.3) is 0 Å². The molecule has 0 aromatic rings. The van der Waals surface area contributed by atoms with Gasteiger partial charge in [0.15, 0.2) is 0 Å². The minimum Gasteiger partial charge on any atom is -0.381 e. The zero-order valence-corrected chi connectivity index (χ0v) is 11.5. The molecule has 0 radical (unpaired) electrons. The molecular formula is C14H29NO. The number of hydrogen-bond donors (Lipinski definition) is 1. The number of hydrogen-bond acceptors (Lipinski definition) is 2. The van der Waals surface area contributed by atoms with Crippen molar-refractivity contribution in [2.75, 3.05) is 13.2 Å². The van der Waals surface area contributed by atoms with Gasteiger partial charge in [-0.15, -0.1) is 0 Å². The Balaban J connectivity index is 2.35. The first kappa shape index (κ1) is 14.0. The molecule has 0 bridgehead atoms. The maximum absolute atomic E-state index is 5.46. The van der Waals surface area contributed by atoms with Crippen LogP contribution >= 0.6 is 0 Å². The summed E-state index contributed by atoms with van der Waals surface area (Å²) in [7, 11) is 0. The summed E-state index contributed by atoms with van der Waals surface area (Å²) in [5.74, 6) is 1.52. The highest BCUT2D eigenvalue weighted by atomic mass is 16.5. The summed E-state index contributed by atoms with van der Waals surface area (Å²) in [4.78, 5) is 0. The van der Waals surface area contributed by atoms with Crippen molar-refractivity contribution in [2.45, 2.75) is 65.5 Å². The van der Waals surface area contributed by atoms with Gasteiger partial charge < -0.3 is 10.1 Å². The average Bonchev–Trinajstić information content (AvgIpc) is 2.79. The summed E-state index contributed by atoms with van der Waals surface area (Å²) >= 11 is 0. The summed E-state index contributed by atoms with van der Waals surface area (Å²) in [5, 5.41) is 3.81. The van der Waals surface area contributed by atoms with Gasteiger partial charge in [-0.05, 0) is 38.0 Å². The molecule has 0 amide bonds. The van der Waals surface area contributed by atoms with Gasteiger partial charge in [0.1, 0.15) is 0 Å². The van der Waals surface area contributed by atoms with E-state index in [2.05, 4.69) is 33.0 Å². The van der Waals surface area contributed by atoms with Crippen molar-refractivity contribution in [3.05, 3.63) is 0 Å². The predicted octanol–water partition coefficient (Wildman–Crippen LogP) is 3.22. The fourth-order valence-corrected chi connectivity index (χ4v) is 2.76. The summed E-state index contributed by atoms with van der Waals surface area (Å²) in [6.07, 6.45) is 5.09. The largest absolute Gasteiger partial charge is 0.381 e. The van der Waals surface area contributed by atoms with E-state index < -0.39 is 0 Å². The second kappa shape index (κ2) is 7.29. The smallest absolute Gasteiger partial charge is 0.0509 e. The average molecular weight is 227 g/mol. The van der Waals surface area contributed by atoms with Crippen molar-refractivity contribution in [1.82, 2.24) is 5.32 Å². The molecule has 0 aromatic carbocycles. The van der Waals surface area contributed by atoms with Crippen molar-refractivity contribution in [3.8, 4) is 0 Å². The lowest BCUT2D eigenvalue weighted by Crippen LogP contribution is -2.44. The van der Waals surface area contributed by atoms with Gasteiger partial charge in [-0.25, -0.2) is 0 Å². The Bertz CT molecular complexity index is 178. The van der Waals surface area contributed by atoms with E-state index in [1.54, 1.807) is 0 Å². The summed E-state index contributed by atoms with van der Waals surface area (Å²) < 4.78 is 5.46. The van der Waals surface area contributed by atoms with Crippen LogP contribution in [0.2, 0.25) is 0 Å². The highest BCUT2D eigenvalue weighted by Crippen LogP contribution is 2.20. The van der Waals surface area contributed by atoms with Crippen LogP contribution in [0.5, 0.6) is 0 Å². The van der Waals surface area contributed by atoms with Crippen molar-refractivity contribution >= 4 is 0 Å². The molecule has 1 fully saturated rings. The molecule has 4 atom stereocenters. The maximum Gasteiger partial charge on any atom is 0.0509 e. The Morgan fingerprint density at radius 2 is 2.06 bits per heavy atom. The fourth-order valence-electron chi connectivity index (χ4n) is 2.76. The third-order valence-electron chi connectivity index (χ3n) is 4.02. The van der Waals surface area contributed by atoms with E-state index in [1.807, 2.05) is 0 Å². The highest BCUT2D eigenvalue weighted by Gasteiger charge is 2.25. The maximum atomic E-state index is 5.46. The summed E-state index contributed by atoms with van der Waals surface area (Å²) in [6, 6.07) is 1.28. The zero-order chi connectivity index (χ0) is 12.0. The van der Waals surface area contributed by atoms with E-state index in [4.69, 9.17) is 4.74 Å². The van der Waals surface area contributed by atoms with E-state index in [1.165, 1.54) is 25.7 Å². The molecule has 2 nitrogen and oxygen atoms in total. The van der Waals surface area contributed by atoms with Crippen LogP contribution in [0.15, 0.2) is 0 Å². The van der Waals surface area contributed by atoms with E-state index in [0.29, 0.717) is 12.1 Å². The molecule has 1 heterocycles. The first-order chi connectivity index (χ1) is 7.69.